The summed E-state index contributed by atoms with van der Waals surface area (Å²) in [5.74, 6) is 1.23. The minimum absolute atomic E-state index is 0.268. The SMILES string of the molecule is CCn1c(-c2ccc(C(F)(F)F)cc2)nc2c(NC3CCNC3)ncnc21. The van der Waals surface area contributed by atoms with Crippen molar-refractivity contribution in [2.24, 2.45) is 0 Å². The Balaban J connectivity index is 1.76. The third-order valence-corrected chi connectivity index (χ3v) is 4.72. The lowest BCUT2D eigenvalue weighted by Crippen LogP contribution is -2.22. The highest BCUT2D eigenvalue weighted by atomic mass is 19.4. The van der Waals surface area contributed by atoms with Gasteiger partial charge in [-0.1, -0.05) is 12.1 Å². The summed E-state index contributed by atoms with van der Waals surface area (Å²) in [7, 11) is 0. The highest BCUT2D eigenvalue weighted by Gasteiger charge is 2.30. The quantitative estimate of drug-likeness (QED) is 0.731. The Morgan fingerprint density at radius 2 is 2.00 bits per heavy atom. The third kappa shape index (κ3) is 3.34. The molecule has 0 amide bonds. The maximum atomic E-state index is 12.8. The van der Waals surface area contributed by atoms with Crippen molar-refractivity contribution < 1.29 is 13.2 Å². The molecule has 2 aromatic heterocycles. The van der Waals surface area contributed by atoms with E-state index in [1.807, 2.05) is 11.5 Å². The second-order valence-corrected chi connectivity index (χ2v) is 6.48. The van der Waals surface area contributed by atoms with Gasteiger partial charge in [0, 0.05) is 24.7 Å². The van der Waals surface area contributed by atoms with E-state index in [1.54, 1.807) is 0 Å². The Labute approximate surface area is 153 Å². The summed E-state index contributed by atoms with van der Waals surface area (Å²) >= 11 is 0. The standard InChI is InChI=1S/C18H19F3N6/c1-2-27-16(11-3-5-12(6-4-11)18(19,20)21)26-14-15(23-10-24-17(14)27)25-13-7-8-22-9-13/h3-6,10,13,22H,2,7-9H2,1H3,(H,23,24,25). The fraction of sp³-hybridized carbons (Fsp3) is 0.389. The lowest BCUT2D eigenvalue weighted by atomic mass is 10.1. The van der Waals surface area contributed by atoms with Gasteiger partial charge in [0.05, 0.1) is 5.56 Å². The molecule has 1 aliphatic rings. The maximum absolute atomic E-state index is 12.8. The van der Waals surface area contributed by atoms with Crippen LogP contribution in [0.5, 0.6) is 0 Å². The summed E-state index contributed by atoms with van der Waals surface area (Å²) in [6, 6.07) is 5.30. The zero-order valence-electron chi connectivity index (χ0n) is 14.7. The van der Waals surface area contributed by atoms with Crippen LogP contribution in [0.15, 0.2) is 30.6 Å². The largest absolute Gasteiger partial charge is 0.416 e. The molecule has 1 atom stereocenters. The molecule has 1 aromatic carbocycles. The van der Waals surface area contributed by atoms with Gasteiger partial charge in [0.1, 0.15) is 12.2 Å². The fourth-order valence-corrected chi connectivity index (χ4v) is 3.34. The van der Waals surface area contributed by atoms with Crippen LogP contribution in [-0.2, 0) is 12.7 Å². The van der Waals surface area contributed by atoms with Crippen molar-refractivity contribution in [2.45, 2.75) is 32.1 Å². The molecule has 142 valence electrons. The fourth-order valence-electron chi connectivity index (χ4n) is 3.34. The predicted molar refractivity (Wildman–Crippen MR) is 96.3 cm³/mol. The van der Waals surface area contributed by atoms with Crippen molar-refractivity contribution in [3.8, 4) is 11.4 Å². The van der Waals surface area contributed by atoms with Crippen LogP contribution in [0, 0.1) is 0 Å². The number of nitrogens with one attached hydrogen (secondary N) is 2. The van der Waals surface area contributed by atoms with Crippen LogP contribution in [0.3, 0.4) is 0 Å². The molecule has 27 heavy (non-hydrogen) atoms. The molecule has 0 aliphatic carbocycles. The molecule has 0 radical (unpaired) electrons. The van der Waals surface area contributed by atoms with Crippen molar-refractivity contribution in [3.63, 3.8) is 0 Å². The topological polar surface area (TPSA) is 67.7 Å². The van der Waals surface area contributed by atoms with Gasteiger partial charge in [-0.15, -0.1) is 0 Å². The van der Waals surface area contributed by atoms with Crippen molar-refractivity contribution in [1.29, 1.82) is 0 Å². The highest BCUT2D eigenvalue weighted by molar-refractivity contribution is 5.86. The minimum Gasteiger partial charge on any atom is -0.364 e. The normalized spacial score (nSPS) is 17.6. The molecule has 1 fully saturated rings. The van der Waals surface area contributed by atoms with E-state index in [4.69, 9.17) is 0 Å². The van der Waals surface area contributed by atoms with E-state index in [1.165, 1.54) is 18.5 Å². The van der Waals surface area contributed by atoms with Gasteiger partial charge in [0.2, 0.25) is 0 Å². The second kappa shape index (κ2) is 6.80. The predicted octanol–water partition coefficient (Wildman–Crippen LogP) is 3.31. The van der Waals surface area contributed by atoms with Crippen molar-refractivity contribution in [2.75, 3.05) is 18.4 Å². The van der Waals surface area contributed by atoms with E-state index in [2.05, 4.69) is 25.6 Å². The molecular formula is C18H19F3N6. The van der Waals surface area contributed by atoms with E-state index in [-0.39, 0.29) is 6.04 Å². The van der Waals surface area contributed by atoms with E-state index in [0.717, 1.165) is 31.6 Å². The van der Waals surface area contributed by atoms with Crippen LogP contribution in [0.1, 0.15) is 18.9 Å². The molecule has 3 heterocycles. The van der Waals surface area contributed by atoms with Gasteiger partial charge in [-0.3, -0.25) is 0 Å². The number of aromatic nitrogens is 4. The number of rotatable bonds is 4. The van der Waals surface area contributed by atoms with Gasteiger partial charge in [-0.2, -0.15) is 13.2 Å². The number of hydrogen-bond donors (Lipinski definition) is 2. The first-order valence-electron chi connectivity index (χ1n) is 8.83. The van der Waals surface area contributed by atoms with Crippen molar-refractivity contribution >= 4 is 17.0 Å². The van der Waals surface area contributed by atoms with E-state index < -0.39 is 11.7 Å². The van der Waals surface area contributed by atoms with Crippen LogP contribution in [0.4, 0.5) is 19.0 Å². The van der Waals surface area contributed by atoms with E-state index in [9.17, 15) is 13.2 Å². The molecule has 4 rings (SSSR count). The Kier molecular flexibility index (Phi) is 4.47. The van der Waals surface area contributed by atoms with Crippen molar-refractivity contribution in [1.82, 2.24) is 24.8 Å². The molecule has 1 aliphatic heterocycles. The minimum atomic E-state index is -4.36. The van der Waals surface area contributed by atoms with Gasteiger partial charge in [-0.05, 0) is 32.0 Å². The van der Waals surface area contributed by atoms with Gasteiger partial charge >= 0.3 is 6.18 Å². The Morgan fingerprint density at radius 1 is 1.22 bits per heavy atom. The van der Waals surface area contributed by atoms with Gasteiger partial charge < -0.3 is 15.2 Å². The molecule has 0 bridgehead atoms. The summed E-state index contributed by atoms with van der Waals surface area (Å²) < 4.78 is 40.4. The molecule has 0 saturated carbocycles. The van der Waals surface area contributed by atoms with Crippen LogP contribution in [-0.4, -0.2) is 38.7 Å². The summed E-state index contributed by atoms with van der Waals surface area (Å²) in [6.45, 7) is 4.34. The maximum Gasteiger partial charge on any atom is 0.416 e. The Morgan fingerprint density at radius 3 is 2.63 bits per heavy atom. The number of halogens is 3. The lowest BCUT2D eigenvalue weighted by Gasteiger charge is -2.11. The molecule has 9 heteroatoms. The number of nitrogens with zero attached hydrogens (tertiary/aromatic N) is 4. The Bertz CT molecular complexity index is 942. The number of aryl methyl sites for hydroxylation is 1. The average molecular weight is 376 g/mol. The highest BCUT2D eigenvalue weighted by Crippen LogP contribution is 2.32. The van der Waals surface area contributed by atoms with Crippen LogP contribution in [0.25, 0.3) is 22.6 Å². The number of fused-ring (bicyclic) bond motifs is 1. The number of benzene rings is 1. The first-order valence-corrected chi connectivity index (χ1v) is 8.83. The summed E-state index contributed by atoms with van der Waals surface area (Å²) in [6.07, 6.45) is -1.88. The van der Waals surface area contributed by atoms with Crippen LogP contribution >= 0.6 is 0 Å². The summed E-state index contributed by atoms with van der Waals surface area (Å²) in [5, 5.41) is 6.68. The zero-order chi connectivity index (χ0) is 19.0. The first kappa shape index (κ1) is 17.7. The first-order chi connectivity index (χ1) is 13.0. The van der Waals surface area contributed by atoms with Crippen molar-refractivity contribution in [3.05, 3.63) is 36.2 Å². The Hall–Kier alpha value is -2.68. The number of hydrogen-bond acceptors (Lipinski definition) is 5. The number of anilines is 1. The lowest BCUT2D eigenvalue weighted by molar-refractivity contribution is -0.137. The van der Waals surface area contributed by atoms with E-state index >= 15 is 0 Å². The van der Waals surface area contributed by atoms with E-state index in [0.29, 0.717) is 34.9 Å². The molecular weight excluding hydrogens is 357 g/mol. The van der Waals surface area contributed by atoms with Gasteiger partial charge in [-0.25, -0.2) is 15.0 Å². The molecule has 3 aromatic rings. The third-order valence-electron chi connectivity index (χ3n) is 4.72. The molecule has 1 unspecified atom stereocenters. The number of alkyl halides is 3. The molecule has 2 N–H and O–H groups in total. The summed E-state index contributed by atoms with van der Waals surface area (Å²) in [4.78, 5) is 13.3. The number of imidazole rings is 1. The zero-order valence-corrected chi connectivity index (χ0v) is 14.7. The second-order valence-electron chi connectivity index (χ2n) is 6.48. The van der Waals surface area contributed by atoms with Crippen LogP contribution < -0.4 is 10.6 Å². The molecule has 0 spiro atoms. The monoisotopic (exact) mass is 376 g/mol. The smallest absolute Gasteiger partial charge is 0.364 e. The molecule has 6 nitrogen and oxygen atoms in total. The average Bonchev–Trinajstić information content (AvgIpc) is 3.28. The van der Waals surface area contributed by atoms with Gasteiger partial charge in [0.25, 0.3) is 0 Å². The summed E-state index contributed by atoms with van der Waals surface area (Å²) in [5.41, 5.74) is 1.22. The van der Waals surface area contributed by atoms with Gasteiger partial charge in [0.15, 0.2) is 17.0 Å². The molecule has 1 saturated heterocycles. The van der Waals surface area contributed by atoms with Crippen LogP contribution in [0.2, 0.25) is 0 Å².